The molecule has 2 nitrogen and oxygen atoms in total. The molecule has 3 heteroatoms. The van der Waals surface area contributed by atoms with E-state index >= 15 is 0 Å². The summed E-state index contributed by atoms with van der Waals surface area (Å²) in [5.74, 6) is 0. The zero-order valence-electron chi connectivity index (χ0n) is 10.4. The van der Waals surface area contributed by atoms with E-state index in [2.05, 4.69) is 11.9 Å². The number of rotatable bonds is 8. The molecule has 0 fully saturated rings. The minimum absolute atomic E-state index is 0.343. The van der Waals surface area contributed by atoms with Crippen molar-refractivity contribution in [2.75, 3.05) is 0 Å². The molecule has 0 aromatic carbocycles. The van der Waals surface area contributed by atoms with E-state index in [-0.39, 0.29) is 6.10 Å². The van der Waals surface area contributed by atoms with Gasteiger partial charge in [-0.25, -0.2) is 4.98 Å². The molecule has 0 saturated heterocycles. The van der Waals surface area contributed by atoms with Crippen LogP contribution in [0.25, 0.3) is 0 Å². The number of aryl methyl sites for hydroxylation is 1. The van der Waals surface area contributed by atoms with Gasteiger partial charge >= 0.3 is 0 Å². The van der Waals surface area contributed by atoms with Crippen LogP contribution in [0.5, 0.6) is 0 Å². The number of aliphatic hydroxyl groups is 1. The number of thiazole rings is 1. The highest BCUT2D eigenvalue weighted by atomic mass is 32.1. The molecule has 0 aliphatic rings. The highest BCUT2D eigenvalue weighted by Crippen LogP contribution is 2.23. The Kier molecular flexibility index (Phi) is 6.65. The van der Waals surface area contributed by atoms with Crippen LogP contribution in [0.4, 0.5) is 0 Å². The Hall–Kier alpha value is -0.410. The highest BCUT2D eigenvalue weighted by Gasteiger charge is 2.10. The van der Waals surface area contributed by atoms with Crippen LogP contribution in [0.15, 0.2) is 5.38 Å². The molecule has 1 heterocycles. The van der Waals surface area contributed by atoms with Gasteiger partial charge in [0.05, 0.1) is 0 Å². The topological polar surface area (TPSA) is 33.1 Å². The molecule has 1 rings (SSSR count). The minimum Gasteiger partial charge on any atom is -0.386 e. The molecular formula is C13H23NOS. The van der Waals surface area contributed by atoms with Crippen molar-refractivity contribution in [2.45, 2.75) is 64.9 Å². The van der Waals surface area contributed by atoms with Crippen molar-refractivity contribution < 1.29 is 5.11 Å². The summed E-state index contributed by atoms with van der Waals surface area (Å²) in [6.07, 6.45) is 8.14. The molecule has 0 aliphatic heterocycles. The lowest BCUT2D eigenvalue weighted by Gasteiger charge is -2.06. The molecule has 92 valence electrons. The maximum absolute atomic E-state index is 9.88. The summed E-state index contributed by atoms with van der Waals surface area (Å²) in [6.45, 7) is 4.20. The summed E-state index contributed by atoms with van der Waals surface area (Å²) < 4.78 is 0. The van der Waals surface area contributed by atoms with E-state index in [0.717, 1.165) is 23.5 Å². The fourth-order valence-electron chi connectivity index (χ4n) is 1.77. The van der Waals surface area contributed by atoms with E-state index in [4.69, 9.17) is 0 Å². The lowest BCUT2D eigenvalue weighted by Crippen LogP contribution is -1.96. The Morgan fingerprint density at radius 1 is 1.25 bits per heavy atom. The van der Waals surface area contributed by atoms with E-state index in [9.17, 15) is 5.11 Å². The first-order valence-corrected chi connectivity index (χ1v) is 7.22. The smallest absolute Gasteiger partial charge is 0.121 e. The van der Waals surface area contributed by atoms with Crippen molar-refractivity contribution in [1.29, 1.82) is 0 Å². The van der Waals surface area contributed by atoms with Gasteiger partial charge in [0.2, 0.25) is 0 Å². The molecule has 0 aliphatic carbocycles. The van der Waals surface area contributed by atoms with Crippen molar-refractivity contribution in [1.82, 2.24) is 4.98 Å². The lowest BCUT2D eigenvalue weighted by atomic mass is 10.1. The van der Waals surface area contributed by atoms with Crippen molar-refractivity contribution in [2.24, 2.45) is 0 Å². The van der Waals surface area contributed by atoms with Gasteiger partial charge in [-0.05, 0) is 13.3 Å². The zero-order chi connectivity index (χ0) is 11.8. The van der Waals surface area contributed by atoms with Gasteiger partial charge in [-0.15, -0.1) is 11.3 Å². The number of nitrogens with zero attached hydrogens (tertiary/aromatic N) is 1. The summed E-state index contributed by atoms with van der Waals surface area (Å²) >= 11 is 1.57. The minimum atomic E-state index is -0.343. The van der Waals surface area contributed by atoms with Crippen LogP contribution in [0.1, 0.15) is 68.7 Å². The molecule has 16 heavy (non-hydrogen) atoms. The Bertz CT molecular complexity index is 285. The lowest BCUT2D eigenvalue weighted by molar-refractivity contribution is 0.162. The zero-order valence-corrected chi connectivity index (χ0v) is 11.2. The van der Waals surface area contributed by atoms with Gasteiger partial charge in [0.15, 0.2) is 0 Å². The Balaban J connectivity index is 2.09. The third-order valence-electron chi connectivity index (χ3n) is 2.75. The third-order valence-corrected chi connectivity index (χ3v) is 3.82. The SMILES string of the molecule is CCCCCCCCC(O)c1nc(C)cs1. The number of aromatic nitrogens is 1. The van der Waals surface area contributed by atoms with Crippen LogP contribution in [0.3, 0.4) is 0 Å². The molecule has 0 radical (unpaired) electrons. The summed E-state index contributed by atoms with van der Waals surface area (Å²) in [5.41, 5.74) is 1.02. The van der Waals surface area contributed by atoms with Crippen molar-refractivity contribution in [3.63, 3.8) is 0 Å². The first kappa shape index (κ1) is 13.7. The summed E-state index contributed by atoms with van der Waals surface area (Å²) in [7, 11) is 0. The molecule has 0 bridgehead atoms. The van der Waals surface area contributed by atoms with Crippen LogP contribution < -0.4 is 0 Å². The average molecular weight is 241 g/mol. The van der Waals surface area contributed by atoms with Gasteiger partial charge in [-0.3, -0.25) is 0 Å². The first-order valence-electron chi connectivity index (χ1n) is 6.34. The molecular weight excluding hydrogens is 218 g/mol. The fourth-order valence-corrected chi connectivity index (χ4v) is 2.58. The van der Waals surface area contributed by atoms with Gasteiger partial charge in [-0.2, -0.15) is 0 Å². The predicted molar refractivity (Wildman–Crippen MR) is 69.8 cm³/mol. The highest BCUT2D eigenvalue weighted by molar-refractivity contribution is 7.09. The van der Waals surface area contributed by atoms with Gasteiger partial charge in [0.1, 0.15) is 11.1 Å². The second kappa shape index (κ2) is 7.80. The molecule has 1 N–H and O–H groups in total. The molecule has 0 amide bonds. The van der Waals surface area contributed by atoms with E-state index in [1.807, 2.05) is 12.3 Å². The van der Waals surface area contributed by atoms with E-state index in [1.54, 1.807) is 11.3 Å². The largest absolute Gasteiger partial charge is 0.386 e. The van der Waals surface area contributed by atoms with Crippen molar-refractivity contribution in [3.8, 4) is 0 Å². The van der Waals surface area contributed by atoms with Gasteiger partial charge in [0, 0.05) is 11.1 Å². The molecule has 0 spiro atoms. The molecule has 1 aromatic heterocycles. The monoisotopic (exact) mass is 241 g/mol. The summed E-state index contributed by atoms with van der Waals surface area (Å²) in [4.78, 5) is 4.31. The fraction of sp³-hybridized carbons (Fsp3) is 0.769. The van der Waals surface area contributed by atoms with Crippen LogP contribution >= 0.6 is 11.3 Å². The normalized spacial score (nSPS) is 12.9. The van der Waals surface area contributed by atoms with Gasteiger partial charge < -0.3 is 5.11 Å². The van der Waals surface area contributed by atoms with Crippen molar-refractivity contribution >= 4 is 11.3 Å². The van der Waals surface area contributed by atoms with Crippen molar-refractivity contribution in [3.05, 3.63) is 16.1 Å². The molecule has 1 aromatic rings. The predicted octanol–water partition coefficient (Wildman–Crippen LogP) is 4.24. The number of aliphatic hydroxyl groups excluding tert-OH is 1. The first-order chi connectivity index (χ1) is 7.74. The van der Waals surface area contributed by atoms with E-state index in [0.29, 0.717) is 0 Å². The summed E-state index contributed by atoms with van der Waals surface area (Å²) in [6, 6.07) is 0. The number of unbranched alkanes of at least 4 members (excludes halogenated alkanes) is 5. The van der Waals surface area contributed by atoms with Crippen LogP contribution in [0, 0.1) is 6.92 Å². The Labute approximate surface area is 103 Å². The second-order valence-electron chi connectivity index (χ2n) is 4.40. The Morgan fingerprint density at radius 3 is 2.56 bits per heavy atom. The maximum Gasteiger partial charge on any atom is 0.121 e. The van der Waals surface area contributed by atoms with E-state index < -0.39 is 0 Å². The average Bonchev–Trinajstić information content (AvgIpc) is 2.70. The standard InChI is InChI=1S/C13H23NOS/c1-3-4-5-6-7-8-9-12(15)13-14-11(2)10-16-13/h10,12,15H,3-9H2,1-2H3. The third kappa shape index (κ3) is 5.08. The van der Waals surface area contributed by atoms with Gasteiger partial charge in [0.25, 0.3) is 0 Å². The molecule has 1 atom stereocenters. The van der Waals surface area contributed by atoms with Crippen LogP contribution in [-0.4, -0.2) is 10.1 Å². The molecule has 0 saturated carbocycles. The molecule has 1 unspecified atom stereocenters. The van der Waals surface area contributed by atoms with Crippen LogP contribution in [0.2, 0.25) is 0 Å². The number of hydrogen-bond acceptors (Lipinski definition) is 3. The maximum atomic E-state index is 9.88. The van der Waals surface area contributed by atoms with Crippen LogP contribution in [-0.2, 0) is 0 Å². The van der Waals surface area contributed by atoms with E-state index in [1.165, 1.54) is 32.1 Å². The second-order valence-corrected chi connectivity index (χ2v) is 5.29. The van der Waals surface area contributed by atoms with Gasteiger partial charge in [-0.1, -0.05) is 45.4 Å². The Morgan fingerprint density at radius 2 is 1.94 bits per heavy atom. The summed E-state index contributed by atoms with van der Waals surface area (Å²) in [5, 5.41) is 12.8. The quantitative estimate of drug-likeness (QED) is 0.691. The number of hydrogen-bond donors (Lipinski definition) is 1.